The first-order valence-corrected chi connectivity index (χ1v) is 6.79. The Morgan fingerprint density at radius 2 is 2.32 bits per heavy atom. The summed E-state index contributed by atoms with van der Waals surface area (Å²) in [6, 6.07) is 5.39. The normalized spacial score (nSPS) is 13.3. The maximum Gasteiger partial charge on any atom is 0.273 e. The molecule has 2 rings (SSSR count). The molecule has 0 spiro atoms. The fraction of sp³-hybridized carbons (Fsp3) is 0.385. The second kappa shape index (κ2) is 5.14. The minimum Gasteiger partial charge on any atom is -0.391 e. The SMILES string of the molecule is CC(O)C(C)(C)NC(=O)c1cc(-c2cccs2)on1. The Morgan fingerprint density at radius 1 is 1.58 bits per heavy atom. The number of nitrogens with zero attached hydrogens (tertiary/aromatic N) is 1. The monoisotopic (exact) mass is 280 g/mol. The third-order valence-electron chi connectivity index (χ3n) is 2.99. The largest absolute Gasteiger partial charge is 0.391 e. The summed E-state index contributed by atoms with van der Waals surface area (Å²) in [7, 11) is 0. The highest BCUT2D eigenvalue weighted by atomic mass is 32.1. The fourth-order valence-electron chi connectivity index (χ4n) is 1.38. The second-order valence-electron chi connectivity index (χ2n) is 4.91. The molecule has 0 bridgehead atoms. The van der Waals surface area contributed by atoms with Crippen molar-refractivity contribution in [2.45, 2.75) is 32.4 Å². The highest BCUT2D eigenvalue weighted by Crippen LogP contribution is 2.25. The minimum atomic E-state index is -0.723. The van der Waals surface area contributed by atoms with Gasteiger partial charge in [0.1, 0.15) is 0 Å². The number of amides is 1. The topological polar surface area (TPSA) is 75.4 Å². The predicted octanol–water partition coefficient (Wildman–Crippen LogP) is 2.29. The molecule has 0 saturated heterocycles. The molecule has 0 radical (unpaired) electrons. The van der Waals surface area contributed by atoms with Crippen LogP contribution in [-0.4, -0.2) is 27.8 Å². The lowest BCUT2D eigenvalue weighted by Gasteiger charge is -2.28. The summed E-state index contributed by atoms with van der Waals surface area (Å²) < 4.78 is 5.14. The number of rotatable bonds is 4. The smallest absolute Gasteiger partial charge is 0.273 e. The summed E-state index contributed by atoms with van der Waals surface area (Å²) in [4.78, 5) is 12.9. The van der Waals surface area contributed by atoms with Crippen molar-refractivity contribution < 1.29 is 14.4 Å². The van der Waals surface area contributed by atoms with Crippen molar-refractivity contribution in [1.82, 2.24) is 10.5 Å². The van der Waals surface area contributed by atoms with E-state index in [9.17, 15) is 9.90 Å². The highest BCUT2D eigenvalue weighted by molar-refractivity contribution is 7.13. The van der Waals surface area contributed by atoms with Gasteiger partial charge in [-0.05, 0) is 32.2 Å². The van der Waals surface area contributed by atoms with Crippen LogP contribution in [0.25, 0.3) is 10.6 Å². The van der Waals surface area contributed by atoms with Crippen LogP contribution in [0.2, 0.25) is 0 Å². The lowest BCUT2D eigenvalue weighted by Crippen LogP contribution is -2.51. The minimum absolute atomic E-state index is 0.206. The van der Waals surface area contributed by atoms with Crippen molar-refractivity contribution in [3.8, 4) is 10.6 Å². The van der Waals surface area contributed by atoms with Crippen molar-refractivity contribution in [1.29, 1.82) is 0 Å². The number of hydrogen-bond donors (Lipinski definition) is 2. The zero-order chi connectivity index (χ0) is 14.0. The van der Waals surface area contributed by atoms with Crippen LogP contribution in [0, 0.1) is 0 Å². The first kappa shape index (κ1) is 13.8. The summed E-state index contributed by atoms with van der Waals surface area (Å²) in [5, 5.41) is 18.0. The van der Waals surface area contributed by atoms with E-state index in [0.29, 0.717) is 5.76 Å². The average Bonchev–Trinajstić information content (AvgIpc) is 2.99. The van der Waals surface area contributed by atoms with Crippen LogP contribution in [0.1, 0.15) is 31.3 Å². The number of aromatic nitrogens is 1. The van der Waals surface area contributed by atoms with Crippen LogP contribution in [0.5, 0.6) is 0 Å². The van der Waals surface area contributed by atoms with Gasteiger partial charge in [-0.1, -0.05) is 11.2 Å². The predicted molar refractivity (Wildman–Crippen MR) is 73.0 cm³/mol. The van der Waals surface area contributed by atoms with Gasteiger partial charge in [-0.3, -0.25) is 4.79 Å². The molecule has 2 N–H and O–H groups in total. The molecule has 0 saturated carbocycles. The first-order valence-electron chi connectivity index (χ1n) is 5.91. The Balaban J connectivity index is 2.13. The van der Waals surface area contributed by atoms with E-state index in [1.54, 1.807) is 26.8 Å². The molecule has 0 aliphatic carbocycles. The summed E-state index contributed by atoms with van der Waals surface area (Å²) in [5.74, 6) is 0.201. The Kier molecular flexibility index (Phi) is 3.73. The summed E-state index contributed by atoms with van der Waals surface area (Å²) in [6.07, 6.45) is -0.667. The van der Waals surface area contributed by atoms with Crippen LogP contribution in [-0.2, 0) is 0 Å². The van der Waals surface area contributed by atoms with Crippen molar-refractivity contribution in [2.24, 2.45) is 0 Å². The molecule has 2 aromatic heterocycles. The zero-order valence-corrected chi connectivity index (χ0v) is 11.8. The third-order valence-corrected chi connectivity index (χ3v) is 3.87. The Morgan fingerprint density at radius 3 is 2.89 bits per heavy atom. The van der Waals surface area contributed by atoms with E-state index < -0.39 is 11.6 Å². The molecule has 2 aromatic rings. The highest BCUT2D eigenvalue weighted by Gasteiger charge is 2.27. The van der Waals surface area contributed by atoms with E-state index in [-0.39, 0.29) is 11.6 Å². The van der Waals surface area contributed by atoms with Gasteiger partial charge in [0.05, 0.1) is 16.5 Å². The van der Waals surface area contributed by atoms with E-state index >= 15 is 0 Å². The number of carbonyl (C=O) groups is 1. The van der Waals surface area contributed by atoms with Gasteiger partial charge in [-0.2, -0.15) is 0 Å². The van der Waals surface area contributed by atoms with Crippen LogP contribution in [0.3, 0.4) is 0 Å². The molecular formula is C13H16N2O3S. The number of hydrogen-bond acceptors (Lipinski definition) is 5. The molecule has 0 fully saturated rings. The second-order valence-corrected chi connectivity index (χ2v) is 5.85. The summed E-state index contributed by atoms with van der Waals surface area (Å²) in [5.41, 5.74) is -0.517. The lowest BCUT2D eigenvalue weighted by atomic mass is 9.98. The molecule has 19 heavy (non-hydrogen) atoms. The molecule has 0 aliphatic rings. The molecule has 2 heterocycles. The summed E-state index contributed by atoms with van der Waals surface area (Å²) >= 11 is 1.51. The van der Waals surface area contributed by atoms with Crippen molar-refractivity contribution in [3.63, 3.8) is 0 Å². The van der Waals surface area contributed by atoms with Crippen LogP contribution in [0.4, 0.5) is 0 Å². The van der Waals surface area contributed by atoms with Gasteiger partial charge in [-0.15, -0.1) is 11.3 Å². The molecule has 5 nitrogen and oxygen atoms in total. The molecule has 102 valence electrons. The van der Waals surface area contributed by atoms with Gasteiger partial charge in [0, 0.05) is 6.07 Å². The number of nitrogens with one attached hydrogen (secondary N) is 1. The maximum absolute atomic E-state index is 12.0. The maximum atomic E-state index is 12.0. The Labute approximate surface area is 115 Å². The Hall–Kier alpha value is -1.66. The Bertz CT molecular complexity index is 558. The molecular weight excluding hydrogens is 264 g/mol. The van der Waals surface area contributed by atoms with Crippen molar-refractivity contribution >= 4 is 17.2 Å². The number of thiophene rings is 1. The van der Waals surface area contributed by atoms with E-state index in [4.69, 9.17) is 4.52 Å². The van der Waals surface area contributed by atoms with E-state index in [2.05, 4.69) is 10.5 Å². The van der Waals surface area contributed by atoms with Gasteiger partial charge in [-0.25, -0.2) is 0 Å². The lowest BCUT2D eigenvalue weighted by molar-refractivity contribution is 0.0702. The summed E-state index contributed by atoms with van der Waals surface area (Å²) in [6.45, 7) is 5.12. The molecule has 0 aliphatic heterocycles. The molecule has 1 atom stereocenters. The average molecular weight is 280 g/mol. The fourth-order valence-corrected chi connectivity index (χ4v) is 2.05. The quantitative estimate of drug-likeness (QED) is 0.901. The van der Waals surface area contributed by atoms with Crippen molar-refractivity contribution in [2.75, 3.05) is 0 Å². The van der Waals surface area contributed by atoms with Gasteiger partial charge in [0.15, 0.2) is 11.5 Å². The van der Waals surface area contributed by atoms with Crippen LogP contribution in [0.15, 0.2) is 28.1 Å². The third kappa shape index (κ3) is 3.02. The van der Waals surface area contributed by atoms with Gasteiger partial charge in [0.25, 0.3) is 5.91 Å². The van der Waals surface area contributed by atoms with Gasteiger partial charge >= 0.3 is 0 Å². The molecule has 1 amide bonds. The van der Waals surface area contributed by atoms with Crippen LogP contribution < -0.4 is 5.32 Å². The number of aliphatic hydroxyl groups excluding tert-OH is 1. The molecule has 0 aromatic carbocycles. The van der Waals surface area contributed by atoms with E-state index in [0.717, 1.165) is 4.88 Å². The van der Waals surface area contributed by atoms with Crippen molar-refractivity contribution in [3.05, 3.63) is 29.3 Å². The van der Waals surface area contributed by atoms with Gasteiger partial charge < -0.3 is 14.9 Å². The molecule has 1 unspecified atom stereocenters. The van der Waals surface area contributed by atoms with Crippen LogP contribution >= 0.6 is 11.3 Å². The molecule has 6 heteroatoms. The van der Waals surface area contributed by atoms with E-state index in [1.807, 2.05) is 17.5 Å². The first-order chi connectivity index (χ1) is 8.90. The zero-order valence-electron chi connectivity index (χ0n) is 11.0. The standard InChI is InChI=1S/C13H16N2O3S/c1-8(16)13(2,3)14-12(17)9-7-10(18-15-9)11-5-4-6-19-11/h4-8,16H,1-3H3,(H,14,17). The number of carbonyl (C=O) groups excluding carboxylic acids is 1. The number of aliphatic hydroxyl groups is 1. The van der Waals surface area contributed by atoms with E-state index in [1.165, 1.54) is 11.3 Å². The van der Waals surface area contributed by atoms with Gasteiger partial charge in [0.2, 0.25) is 0 Å².